The van der Waals surface area contributed by atoms with Crippen molar-refractivity contribution in [3.63, 3.8) is 0 Å². The molecule has 1 N–H and O–H groups in total. The second-order valence-electron chi connectivity index (χ2n) is 2.69. The van der Waals surface area contributed by atoms with Gasteiger partial charge in [0.25, 0.3) is 0 Å². The molecule has 0 bridgehead atoms. The minimum absolute atomic E-state index is 0.189. The monoisotopic (exact) mass is 179 g/mol. The zero-order valence-electron chi connectivity index (χ0n) is 7.37. The van der Waals surface area contributed by atoms with Crippen molar-refractivity contribution < 1.29 is 4.74 Å². The number of imidazole rings is 1. The highest BCUT2D eigenvalue weighted by Gasteiger charge is 2.09. The fourth-order valence-electron chi connectivity index (χ4n) is 1.29. The molecular formula is C8H9N3O2. The first kappa shape index (κ1) is 7.85. The van der Waals surface area contributed by atoms with Crippen molar-refractivity contribution >= 4 is 5.78 Å². The van der Waals surface area contributed by atoms with Crippen LogP contribution in [0.4, 0.5) is 0 Å². The third kappa shape index (κ3) is 1.00. The molecule has 2 heterocycles. The third-order valence-corrected chi connectivity index (χ3v) is 1.88. The SMILES string of the molecule is COc1c(C)nc2[nH]ccn2c1=O. The van der Waals surface area contributed by atoms with Crippen LogP contribution in [0.3, 0.4) is 0 Å². The normalized spacial score (nSPS) is 10.6. The van der Waals surface area contributed by atoms with Crippen molar-refractivity contribution in [3.05, 3.63) is 28.4 Å². The Balaban J connectivity index is 2.93. The summed E-state index contributed by atoms with van der Waals surface area (Å²) in [5.41, 5.74) is 0.404. The molecule has 0 aliphatic heterocycles. The van der Waals surface area contributed by atoms with E-state index < -0.39 is 0 Å². The van der Waals surface area contributed by atoms with E-state index >= 15 is 0 Å². The molecule has 0 aliphatic rings. The zero-order valence-corrected chi connectivity index (χ0v) is 7.37. The number of nitrogens with one attached hydrogen (secondary N) is 1. The van der Waals surface area contributed by atoms with E-state index in [1.165, 1.54) is 11.5 Å². The summed E-state index contributed by atoms with van der Waals surface area (Å²) < 4.78 is 6.35. The number of ether oxygens (including phenoxy) is 1. The van der Waals surface area contributed by atoms with Crippen molar-refractivity contribution in [2.75, 3.05) is 7.11 Å². The molecule has 0 unspecified atom stereocenters. The Morgan fingerprint density at radius 3 is 3.08 bits per heavy atom. The lowest BCUT2D eigenvalue weighted by Crippen LogP contribution is -2.16. The number of aromatic nitrogens is 3. The van der Waals surface area contributed by atoms with Crippen LogP contribution in [0.2, 0.25) is 0 Å². The summed E-state index contributed by atoms with van der Waals surface area (Å²) in [4.78, 5) is 18.6. The number of nitrogens with zero attached hydrogens (tertiary/aromatic N) is 2. The van der Waals surface area contributed by atoms with Crippen molar-refractivity contribution in [1.82, 2.24) is 14.4 Å². The van der Waals surface area contributed by atoms with Crippen molar-refractivity contribution in [3.8, 4) is 5.75 Å². The number of H-pyrrole nitrogens is 1. The van der Waals surface area contributed by atoms with E-state index in [4.69, 9.17) is 4.74 Å². The average Bonchev–Trinajstić information content (AvgIpc) is 2.53. The summed E-state index contributed by atoms with van der Waals surface area (Å²) in [5.74, 6) is 0.820. The molecule has 2 aromatic rings. The Morgan fingerprint density at radius 1 is 1.62 bits per heavy atom. The van der Waals surface area contributed by atoms with Crippen LogP contribution in [0, 0.1) is 6.92 Å². The molecule has 0 aromatic carbocycles. The van der Waals surface area contributed by atoms with Gasteiger partial charge >= 0.3 is 5.56 Å². The lowest BCUT2D eigenvalue weighted by Gasteiger charge is -2.02. The maximum Gasteiger partial charge on any atom is 0.301 e. The number of fused-ring (bicyclic) bond motifs is 1. The molecule has 2 aromatic heterocycles. The van der Waals surface area contributed by atoms with Crippen LogP contribution >= 0.6 is 0 Å². The standard InChI is InChI=1S/C8H9N3O2/c1-5-6(13-2)7(12)11-4-3-9-8(11)10-5/h3-4H,1-2H3,(H,9,10). The molecule has 13 heavy (non-hydrogen) atoms. The number of rotatable bonds is 1. The number of hydrogen-bond acceptors (Lipinski definition) is 3. The highest BCUT2D eigenvalue weighted by Crippen LogP contribution is 2.08. The van der Waals surface area contributed by atoms with Crippen LogP contribution in [-0.4, -0.2) is 21.5 Å². The molecule has 0 saturated carbocycles. The van der Waals surface area contributed by atoms with E-state index in [1.54, 1.807) is 19.3 Å². The molecule has 0 amide bonds. The molecule has 0 spiro atoms. The molecule has 5 nitrogen and oxygen atoms in total. The van der Waals surface area contributed by atoms with Crippen molar-refractivity contribution in [1.29, 1.82) is 0 Å². The summed E-state index contributed by atoms with van der Waals surface area (Å²) in [6.07, 6.45) is 3.27. The predicted octanol–water partition coefficient (Wildman–Crippen LogP) is 0.340. The van der Waals surface area contributed by atoms with Crippen LogP contribution < -0.4 is 10.3 Å². The van der Waals surface area contributed by atoms with Gasteiger partial charge in [0.15, 0.2) is 0 Å². The van der Waals surface area contributed by atoms with Crippen LogP contribution in [0.5, 0.6) is 5.75 Å². The molecule has 0 atom stereocenters. The van der Waals surface area contributed by atoms with E-state index in [0.29, 0.717) is 11.5 Å². The van der Waals surface area contributed by atoms with Crippen molar-refractivity contribution in [2.45, 2.75) is 6.92 Å². The van der Waals surface area contributed by atoms with Gasteiger partial charge in [0, 0.05) is 12.4 Å². The summed E-state index contributed by atoms with van der Waals surface area (Å²) in [6.45, 7) is 1.74. The molecule has 0 radical (unpaired) electrons. The Bertz CT molecular complexity index is 498. The second-order valence-corrected chi connectivity index (χ2v) is 2.69. The fraction of sp³-hybridized carbons (Fsp3) is 0.250. The average molecular weight is 179 g/mol. The molecule has 2 rings (SSSR count). The van der Waals surface area contributed by atoms with Gasteiger partial charge in [0.1, 0.15) is 0 Å². The molecule has 5 heteroatoms. The smallest absolute Gasteiger partial charge is 0.301 e. The van der Waals surface area contributed by atoms with Gasteiger partial charge in [-0.1, -0.05) is 0 Å². The largest absolute Gasteiger partial charge is 0.490 e. The number of aryl methyl sites for hydroxylation is 1. The van der Waals surface area contributed by atoms with Crippen molar-refractivity contribution in [2.24, 2.45) is 0 Å². The Labute approximate surface area is 74.0 Å². The Hall–Kier alpha value is -1.78. The molecular weight excluding hydrogens is 170 g/mol. The van der Waals surface area contributed by atoms with Gasteiger partial charge in [-0.05, 0) is 6.92 Å². The van der Waals surface area contributed by atoms with Gasteiger partial charge in [0.05, 0.1) is 12.8 Å². The minimum atomic E-state index is -0.189. The van der Waals surface area contributed by atoms with E-state index in [2.05, 4.69) is 9.97 Å². The molecule has 0 fully saturated rings. The predicted molar refractivity (Wildman–Crippen MR) is 47.1 cm³/mol. The first-order chi connectivity index (χ1) is 6.24. The Kier molecular flexibility index (Phi) is 1.58. The fourth-order valence-corrected chi connectivity index (χ4v) is 1.29. The van der Waals surface area contributed by atoms with Gasteiger partial charge in [-0.25, -0.2) is 9.38 Å². The lowest BCUT2D eigenvalue weighted by molar-refractivity contribution is 0.401. The summed E-state index contributed by atoms with van der Waals surface area (Å²) in [5, 5.41) is 0. The summed E-state index contributed by atoms with van der Waals surface area (Å²) >= 11 is 0. The quantitative estimate of drug-likeness (QED) is 0.686. The molecule has 0 saturated heterocycles. The first-order valence-electron chi connectivity index (χ1n) is 3.84. The molecule has 68 valence electrons. The highest BCUT2D eigenvalue weighted by molar-refractivity contribution is 5.35. The first-order valence-corrected chi connectivity index (χ1v) is 3.84. The zero-order chi connectivity index (χ0) is 9.42. The van der Waals surface area contributed by atoms with Gasteiger partial charge in [-0.3, -0.25) is 4.79 Å². The minimum Gasteiger partial charge on any atom is -0.490 e. The lowest BCUT2D eigenvalue weighted by atomic mass is 10.4. The van der Waals surface area contributed by atoms with E-state index in [9.17, 15) is 4.79 Å². The second kappa shape index (κ2) is 2.62. The number of hydrogen-bond donors (Lipinski definition) is 1. The van der Waals surface area contributed by atoms with Gasteiger partial charge in [-0.15, -0.1) is 0 Å². The maximum atomic E-state index is 11.6. The van der Waals surface area contributed by atoms with Crippen LogP contribution in [-0.2, 0) is 0 Å². The highest BCUT2D eigenvalue weighted by atomic mass is 16.5. The van der Waals surface area contributed by atoms with Crippen LogP contribution in [0.25, 0.3) is 5.78 Å². The van der Waals surface area contributed by atoms with Crippen LogP contribution in [0.1, 0.15) is 5.69 Å². The van der Waals surface area contributed by atoms with E-state index in [0.717, 1.165) is 0 Å². The van der Waals surface area contributed by atoms with E-state index in [-0.39, 0.29) is 11.3 Å². The van der Waals surface area contributed by atoms with Crippen LogP contribution in [0.15, 0.2) is 17.2 Å². The summed E-state index contributed by atoms with van der Waals surface area (Å²) in [6, 6.07) is 0. The third-order valence-electron chi connectivity index (χ3n) is 1.88. The van der Waals surface area contributed by atoms with Gasteiger partial charge in [0.2, 0.25) is 11.5 Å². The molecule has 0 aliphatic carbocycles. The maximum absolute atomic E-state index is 11.6. The number of methoxy groups -OCH3 is 1. The van der Waals surface area contributed by atoms with E-state index in [1.807, 2.05) is 0 Å². The summed E-state index contributed by atoms with van der Waals surface area (Å²) in [7, 11) is 1.46. The van der Waals surface area contributed by atoms with Gasteiger partial charge in [-0.2, -0.15) is 0 Å². The van der Waals surface area contributed by atoms with Gasteiger partial charge < -0.3 is 9.72 Å². The number of aromatic amines is 1. The Morgan fingerprint density at radius 2 is 2.38 bits per heavy atom. The topological polar surface area (TPSA) is 59.4 Å².